The fourth-order valence-electron chi connectivity index (χ4n) is 1.56. The van der Waals surface area contributed by atoms with Crippen molar-refractivity contribution in [2.24, 2.45) is 0 Å². The highest BCUT2D eigenvalue weighted by Gasteiger charge is 2.42. The van der Waals surface area contributed by atoms with E-state index in [1.807, 2.05) is 0 Å². The molecule has 6 heteroatoms. The van der Waals surface area contributed by atoms with Crippen LogP contribution in [0.5, 0.6) is 11.5 Å². The lowest BCUT2D eigenvalue weighted by Gasteiger charge is -2.18. The van der Waals surface area contributed by atoms with E-state index in [1.54, 1.807) is 0 Å². The van der Waals surface area contributed by atoms with Crippen LogP contribution in [0.1, 0.15) is 20.7 Å². The lowest BCUT2D eigenvalue weighted by atomic mass is 9.85. The monoisotopic (exact) mass is 222 g/mol. The van der Waals surface area contributed by atoms with E-state index in [-0.39, 0.29) is 0 Å². The van der Waals surface area contributed by atoms with Crippen LogP contribution in [0.15, 0.2) is 12.1 Å². The first-order chi connectivity index (χ1) is 7.45. The zero-order valence-corrected chi connectivity index (χ0v) is 7.80. The number of hydrogen-bond donors (Lipinski definition) is 3. The number of rotatable bonds is 0. The van der Waals surface area contributed by atoms with E-state index < -0.39 is 46.1 Å². The van der Waals surface area contributed by atoms with Crippen molar-refractivity contribution >= 4 is 17.3 Å². The predicted molar refractivity (Wildman–Crippen MR) is 49.4 cm³/mol. The van der Waals surface area contributed by atoms with Crippen molar-refractivity contribution in [2.75, 3.05) is 0 Å². The van der Waals surface area contributed by atoms with Gasteiger partial charge >= 0.3 is 0 Å². The van der Waals surface area contributed by atoms with Crippen molar-refractivity contribution in [2.45, 2.75) is 6.10 Å². The number of Topliss-reactive ketones (excluding diaryl/α,β-unsaturated/α-hetero) is 3. The van der Waals surface area contributed by atoms with Crippen molar-refractivity contribution in [3.63, 3.8) is 0 Å². The summed E-state index contributed by atoms with van der Waals surface area (Å²) in [4.78, 5) is 34.0. The Bertz CT molecular complexity index is 530. The summed E-state index contributed by atoms with van der Waals surface area (Å²) in [5.41, 5.74) is -1.07. The third-order valence-electron chi connectivity index (χ3n) is 2.36. The van der Waals surface area contributed by atoms with E-state index in [0.29, 0.717) is 0 Å². The summed E-state index contributed by atoms with van der Waals surface area (Å²) in [5, 5.41) is 27.9. The van der Waals surface area contributed by atoms with E-state index in [0.717, 1.165) is 12.1 Å². The minimum Gasteiger partial charge on any atom is -0.507 e. The molecule has 0 aliphatic heterocycles. The average Bonchev–Trinajstić information content (AvgIpc) is 2.26. The maximum absolute atomic E-state index is 11.5. The lowest BCUT2D eigenvalue weighted by Crippen LogP contribution is -2.41. The summed E-state index contributed by atoms with van der Waals surface area (Å²) in [6.07, 6.45) is -2.10. The molecule has 1 atom stereocenters. The van der Waals surface area contributed by atoms with Crippen molar-refractivity contribution in [3.8, 4) is 11.5 Å². The Kier molecular flexibility index (Phi) is 2.02. The molecule has 0 saturated carbocycles. The maximum atomic E-state index is 11.5. The summed E-state index contributed by atoms with van der Waals surface area (Å²) in [6.45, 7) is 0. The second kappa shape index (κ2) is 3.14. The highest BCUT2D eigenvalue weighted by atomic mass is 16.3. The summed E-state index contributed by atoms with van der Waals surface area (Å²) in [6, 6.07) is 1.99. The number of phenols is 2. The SMILES string of the molecule is O=C1C(=O)C(O)C(=O)c2c(O)ccc(O)c21. The molecule has 0 radical (unpaired) electrons. The number of phenolic OH excluding ortho intramolecular Hbond substituents is 2. The number of hydrogen-bond acceptors (Lipinski definition) is 6. The third-order valence-corrected chi connectivity index (χ3v) is 2.36. The molecule has 1 aromatic carbocycles. The first-order valence-electron chi connectivity index (χ1n) is 4.31. The summed E-state index contributed by atoms with van der Waals surface area (Å²) >= 11 is 0. The van der Waals surface area contributed by atoms with E-state index in [9.17, 15) is 24.6 Å². The smallest absolute Gasteiger partial charge is 0.239 e. The maximum Gasteiger partial charge on any atom is 0.239 e. The first kappa shape index (κ1) is 10.3. The van der Waals surface area contributed by atoms with Crippen molar-refractivity contribution in [1.82, 2.24) is 0 Å². The molecule has 0 fully saturated rings. The van der Waals surface area contributed by atoms with E-state index in [1.165, 1.54) is 0 Å². The molecule has 1 aliphatic carbocycles. The molecule has 1 aromatic rings. The van der Waals surface area contributed by atoms with Crippen LogP contribution in [0.4, 0.5) is 0 Å². The second-order valence-electron chi connectivity index (χ2n) is 3.31. The molecule has 1 aliphatic rings. The normalized spacial score (nSPS) is 19.8. The van der Waals surface area contributed by atoms with Gasteiger partial charge in [0.2, 0.25) is 17.3 Å². The van der Waals surface area contributed by atoms with Crippen molar-refractivity contribution in [3.05, 3.63) is 23.3 Å². The molecule has 6 nitrogen and oxygen atoms in total. The van der Waals surface area contributed by atoms with Crippen LogP contribution < -0.4 is 0 Å². The Balaban J connectivity index is 2.82. The number of ketones is 3. The van der Waals surface area contributed by atoms with Crippen molar-refractivity contribution < 1.29 is 29.7 Å². The van der Waals surface area contributed by atoms with Gasteiger partial charge in [0.25, 0.3) is 0 Å². The minimum atomic E-state index is -2.10. The van der Waals surface area contributed by atoms with Crippen LogP contribution in [-0.4, -0.2) is 38.8 Å². The van der Waals surface area contributed by atoms with Gasteiger partial charge in [0.15, 0.2) is 6.10 Å². The Labute approximate surface area is 88.8 Å². The summed E-state index contributed by atoms with van der Waals surface area (Å²) < 4.78 is 0. The standard InChI is InChI=1S/C10H6O6/c11-3-1-2-4(12)6-5(3)7(13)9(15)10(16)8(6)14/h1-2,9,11-12,15H. The molecule has 1 unspecified atom stereocenters. The molecule has 0 aromatic heterocycles. The van der Waals surface area contributed by atoms with Crippen LogP contribution in [0.2, 0.25) is 0 Å². The first-order valence-corrected chi connectivity index (χ1v) is 4.31. The largest absolute Gasteiger partial charge is 0.507 e. The highest BCUT2D eigenvalue weighted by Crippen LogP contribution is 2.33. The van der Waals surface area contributed by atoms with Crippen LogP contribution in [0, 0.1) is 0 Å². The predicted octanol–water partition coefficient (Wildman–Crippen LogP) is -0.593. The number of aliphatic hydroxyl groups excluding tert-OH is 1. The van der Waals surface area contributed by atoms with Gasteiger partial charge in [-0.05, 0) is 12.1 Å². The van der Waals surface area contributed by atoms with Gasteiger partial charge in [-0.2, -0.15) is 0 Å². The Morgan fingerprint density at radius 2 is 1.38 bits per heavy atom. The second-order valence-corrected chi connectivity index (χ2v) is 3.31. The Morgan fingerprint density at radius 1 is 0.875 bits per heavy atom. The topological polar surface area (TPSA) is 112 Å². The van der Waals surface area contributed by atoms with Gasteiger partial charge < -0.3 is 15.3 Å². The molecular formula is C10H6O6. The summed E-state index contributed by atoms with van der Waals surface area (Å²) in [5.74, 6) is -4.72. The fraction of sp³-hybridized carbons (Fsp3) is 0.100. The Hall–Kier alpha value is -2.21. The van der Waals surface area contributed by atoms with Gasteiger partial charge in [-0.15, -0.1) is 0 Å². The number of carbonyl (C=O) groups excluding carboxylic acids is 3. The van der Waals surface area contributed by atoms with E-state index in [4.69, 9.17) is 5.11 Å². The molecule has 0 bridgehead atoms. The average molecular weight is 222 g/mol. The zero-order valence-electron chi connectivity index (χ0n) is 7.80. The number of benzene rings is 1. The van der Waals surface area contributed by atoms with Crippen LogP contribution in [0.25, 0.3) is 0 Å². The third kappa shape index (κ3) is 1.13. The molecule has 0 heterocycles. The van der Waals surface area contributed by atoms with Gasteiger partial charge in [0.05, 0.1) is 11.1 Å². The molecule has 16 heavy (non-hydrogen) atoms. The van der Waals surface area contributed by atoms with Gasteiger partial charge in [-0.3, -0.25) is 14.4 Å². The Morgan fingerprint density at radius 3 is 1.94 bits per heavy atom. The number of carbonyl (C=O) groups is 3. The fourth-order valence-corrected chi connectivity index (χ4v) is 1.56. The van der Waals surface area contributed by atoms with Crippen LogP contribution >= 0.6 is 0 Å². The van der Waals surface area contributed by atoms with Crippen molar-refractivity contribution in [1.29, 1.82) is 0 Å². The van der Waals surface area contributed by atoms with E-state index in [2.05, 4.69) is 0 Å². The molecule has 0 spiro atoms. The van der Waals surface area contributed by atoms with Gasteiger partial charge in [0, 0.05) is 0 Å². The molecule has 3 N–H and O–H groups in total. The number of aliphatic hydroxyl groups is 1. The summed E-state index contributed by atoms with van der Waals surface area (Å²) in [7, 11) is 0. The van der Waals surface area contributed by atoms with Gasteiger partial charge in [0.1, 0.15) is 11.5 Å². The van der Waals surface area contributed by atoms with Gasteiger partial charge in [-0.25, -0.2) is 0 Å². The lowest BCUT2D eigenvalue weighted by molar-refractivity contribution is -0.120. The molecular weight excluding hydrogens is 216 g/mol. The molecule has 82 valence electrons. The van der Waals surface area contributed by atoms with Crippen LogP contribution in [-0.2, 0) is 4.79 Å². The van der Waals surface area contributed by atoms with Gasteiger partial charge in [-0.1, -0.05) is 0 Å². The molecule has 0 amide bonds. The van der Waals surface area contributed by atoms with Crippen LogP contribution in [0.3, 0.4) is 0 Å². The number of fused-ring (bicyclic) bond motifs is 1. The molecule has 2 rings (SSSR count). The highest BCUT2D eigenvalue weighted by molar-refractivity contribution is 6.53. The quantitative estimate of drug-likeness (QED) is 0.307. The number of aromatic hydroxyl groups is 2. The zero-order chi connectivity index (χ0) is 12.0. The molecule has 0 saturated heterocycles. The minimum absolute atomic E-state index is 0.517. The van der Waals surface area contributed by atoms with E-state index >= 15 is 0 Å².